The number of urea groups is 1. The lowest BCUT2D eigenvalue weighted by atomic mass is 10.1. The number of hydrogen-bond donors (Lipinski definition) is 1. The van der Waals surface area contributed by atoms with Crippen molar-refractivity contribution in [1.29, 1.82) is 0 Å². The third-order valence-corrected chi connectivity index (χ3v) is 4.26. The first kappa shape index (κ1) is 16.2. The lowest BCUT2D eigenvalue weighted by molar-refractivity contribution is 0.191. The molecule has 24 heavy (non-hydrogen) atoms. The highest BCUT2D eigenvalue weighted by atomic mass is 16.2. The van der Waals surface area contributed by atoms with Crippen molar-refractivity contribution in [2.24, 2.45) is 7.05 Å². The van der Waals surface area contributed by atoms with Gasteiger partial charge in [-0.15, -0.1) is 0 Å². The number of piperazine rings is 1. The van der Waals surface area contributed by atoms with Crippen molar-refractivity contribution in [2.45, 2.75) is 19.9 Å². The van der Waals surface area contributed by atoms with Gasteiger partial charge >= 0.3 is 6.03 Å². The van der Waals surface area contributed by atoms with Gasteiger partial charge in [0, 0.05) is 57.4 Å². The van der Waals surface area contributed by atoms with Gasteiger partial charge in [0.25, 0.3) is 0 Å². The molecule has 0 saturated carbocycles. The summed E-state index contributed by atoms with van der Waals surface area (Å²) in [5.74, 6) is 0.719. The molecular formula is C16H23N7O. The molecule has 3 rings (SSSR count). The van der Waals surface area contributed by atoms with E-state index >= 15 is 0 Å². The fourth-order valence-corrected chi connectivity index (χ4v) is 2.96. The first-order valence-corrected chi connectivity index (χ1v) is 8.12. The van der Waals surface area contributed by atoms with E-state index in [4.69, 9.17) is 0 Å². The van der Waals surface area contributed by atoms with Crippen molar-refractivity contribution in [3.63, 3.8) is 0 Å². The number of carbonyl (C=O) groups is 1. The summed E-state index contributed by atoms with van der Waals surface area (Å²) in [6, 6.07) is 1.69. The summed E-state index contributed by atoms with van der Waals surface area (Å²) in [4.78, 5) is 24.9. The number of aromatic nitrogens is 4. The molecule has 1 aliphatic heterocycles. The maximum Gasteiger partial charge on any atom is 0.317 e. The highest BCUT2D eigenvalue weighted by Gasteiger charge is 2.24. The van der Waals surface area contributed by atoms with Crippen LogP contribution in [-0.2, 0) is 7.05 Å². The smallest absolute Gasteiger partial charge is 0.317 e. The van der Waals surface area contributed by atoms with E-state index in [0.29, 0.717) is 13.1 Å². The highest BCUT2D eigenvalue weighted by molar-refractivity contribution is 5.75. The standard InChI is InChI=1S/C16H23N7O/c1-12(14-11-21(3)20-13(14)2)19-16(24)23-9-7-22(8-10-23)15-17-5-4-6-18-15/h4-6,11-12H,7-10H2,1-3H3,(H,19,24). The van der Waals surface area contributed by atoms with Crippen LogP contribution >= 0.6 is 0 Å². The van der Waals surface area contributed by atoms with Crippen LogP contribution < -0.4 is 10.2 Å². The van der Waals surface area contributed by atoms with Crippen molar-refractivity contribution in [3.05, 3.63) is 35.9 Å². The van der Waals surface area contributed by atoms with E-state index < -0.39 is 0 Å². The summed E-state index contributed by atoms with van der Waals surface area (Å²) in [6.07, 6.45) is 5.42. The Morgan fingerprint density at radius 3 is 2.46 bits per heavy atom. The quantitative estimate of drug-likeness (QED) is 0.912. The molecule has 0 spiro atoms. The van der Waals surface area contributed by atoms with Gasteiger partial charge in [-0.2, -0.15) is 5.10 Å². The molecule has 0 aliphatic carbocycles. The van der Waals surface area contributed by atoms with Crippen molar-refractivity contribution >= 4 is 12.0 Å². The minimum Gasteiger partial charge on any atom is -0.337 e. The number of aryl methyl sites for hydroxylation is 2. The average Bonchev–Trinajstić information content (AvgIpc) is 2.94. The summed E-state index contributed by atoms with van der Waals surface area (Å²) >= 11 is 0. The second-order valence-corrected chi connectivity index (χ2v) is 6.04. The minimum atomic E-state index is -0.0679. The Hall–Kier alpha value is -2.64. The lowest BCUT2D eigenvalue weighted by Gasteiger charge is -2.35. The van der Waals surface area contributed by atoms with Gasteiger partial charge in [-0.25, -0.2) is 14.8 Å². The molecular weight excluding hydrogens is 306 g/mol. The highest BCUT2D eigenvalue weighted by Crippen LogP contribution is 2.16. The molecule has 128 valence electrons. The van der Waals surface area contributed by atoms with Gasteiger partial charge < -0.3 is 15.1 Å². The number of amides is 2. The molecule has 0 radical (unpaired) electrons. The SMILES string of the molecule is Cc1nn(C)cc1C(C)NC(=O)N1CCN(c2ncccn2)CC1. The van der Waals surface area contributed by atoms with Crippen LogP contribution in [-0.4, -0.2) is 56.9 Å². The predicted octanol–water partition coefficient (Wildman–Crippen LogP) is 1.11. The van der Waals surface area contributed by atoms with Crippen LogP contribution in [0.25, 0.3) is 0 Å². The average molecular weight is 329 g/mol. The number of carbonyl (C=O) groups excluding carboxylic acids is 1. The molecule has 1 atom stereocenters. The maximum atomic E-state index is 12.5. The molecule has 1 aliphatic rings. The zero-order valence-electron chi connectivity index (χ0n) is 14.3. The molecule has 2 amide bonds. The van der Waals surface area contributed by atoms with Crippen LogP contribution in [0.1, 0.15) is 24.2 Å². The van der Waals surface area contributed by atoms with Crippen molar-refractivity contribution in [1.82, 2.24) is 30.0 Å². The Morgan fingerprint density at radius 2 is 1.88 bits per heavy atom. The zero-order chi connectivity index (χ0) is 17.1. The van der Waals surface area contributed by atoms with Crippen LogP contribution in [0.4, 0.5) is 10.7 Å². The van der Waals surface area contributed by atoms with Crippen LogP contribution in [0.15, 0.2) is 24.7 Å². The Balaban J connectivity index is 1.54. The maximum absolute atomic E-state index is 12.5. The van der Waals surface area contributed by atoms with Gasteiger partial charge in [-0.05, 0) is 19.9 Å². The Kier molecular flexibility index (Phi) is 4.64. The molecule has 1 fully saturated rings. The van der Waals surface area contributed by atoms with E-state index in [2.05, 4.69) is 25.3 Å². The Labute approximate surface area is 141 Å². The van der Waals surface area contributed by atoms with Gasteiger partial charge in [0.2, 0.25) is 5.95 Å². The van der Waals surface area contributed by atoms with Gasteiger partial charge in [-0.3, -0.25) is 4.68 Å². The van der Waals surface area contributed by atoms with Gasteiger partial charge in [0.05, 0.1) is 11.7 Å². The molecule has 1 unspecified atom stereocenters. The summed E-state index contributed by atoms with van der Waals surface area (Å²) in [6.45, 7) is 6.72. The van der Waals surface area contributed by atoms with Crippen molar-refractivity contribution in [2.75, 3.05) is 31.1 Å². The molecule has 1 saturated heterocycles. The van der Waals surface area contributed by atoms with Crippen LogP contribution in [0.3, 0.4) is 0 Å². The monoisotopic (exact) mass is 329 g/mol. The number of anilines is 1. The third kappa shape index (κ3) is 3.47. The second-order valence-electron chi connectivity index (χ2n) is 6.04. The molecule has 8 nitrogen and oxygen atoms in total. The van der Waals surface area contributed by atoms with E-state index in [1.54, 1.807) is 23.1 Å². The van der Waals surface area contributed by atoms with E-state index in [9.17, 15) is 4.79 Å². The van der Waals surface area contributed by atoms with E-state index in [1.807, 2.05) is 32.0 Å². The molecule has 1 N–H and O–H groups in total. The molecule has 2 aromatic heterocycles. The summed E-state index contributed by atoms with van der Waals surface area (Å²) in [5, 5.41) is 7.39. The molecule has 3 heterocycles. The zero-order valence-corrected chi connectivity index (χ0v) is 14.3. The van der Waals surface area contributed by atoms with Crippen LogP contribution in [0, 0.1) is 6.92 Å². The fourth-order valence-electron chi connectivity index (χ4n) is 2.96. The summed E-state index contributed by atoms with van der Waals surface area (Å²) < 4.78 is 1.77. The minimum absolute atomic E-state index is 0.0422. The van der Waals surface area contributed by atoms with E-state index in [-0.39, 0.29) is 12.1 Å². The lowest BCUT2D eigenvalue weighted by Crippen LogP contribution is -2.52. The number of nitrogens with one attached hydrogen (secondary N) is 1. The van der Waals surface area contributed by atoms with Gasteiger partial charge in [0.15, 0.2) is 0 Å². The number of rotatable bonds is 3. The Bertz CT molecular complexity index is 692. The normalized spacial score (nSPS) is 16.1. The summed E-state index contributed by atoms with van der Waals surface area (Å²) in [7, 11) is 1.88. The van der Waals surface area contributed by atoms with E-state index in [1.165, 1.54) is 0 Å². The molecule has 2 aromatic rings. The predicted molar refractivity (Wildman–Crippen MR) is 90.7 cm³/mol. The third-order valence-electron chi connectivity index (χ3n) is 4.26. The first-order chi connectivity index (χ1) is 11.5. The molecule has 0 aromatic carbocycles. The molecule has 0 bridgehead atoms. The van der Waals surface area contributed by atoms with E-state index in [0.717, 1.165) is 30.3 Å². The van der Waals surface area contributed by atoms with Crippen LogP contribution in [0.2, 0.25) is 0 Å². The van der Waals surface area contributed by atoms with Gasteiger partial charge in [0.1, 0.15) is 0 Å². The fraction of sp³-hybridized carbons (Fsp3) is 0.500. The number of hydrogen-bond acceptors (Lipinski definition) is 5. The first-order valence-electron chi connectivity index (χ1n) is 8.12. The van der Waals surface area contributed by atoms with Crippen molar-refractivity contribution < 1.29 is 4.79 Å². The topological polar surface area (TPSA) is 79.2 Å². The van der Waals surface area contributed by atoms with Crippen LogP contribution in [0.5, 0.6) is 0 Å². The summed E-state index contributed by atoms with van der Waals surface area (Å²) in [5.41, 5.74) is 1.98. The Morgan fingerprint density at radius 1 is 1.21 bits per heavy atom. The second kappa shape index (κ2) is 6.86. The number of nitrogens with zero attached hydrogens (tertiary/aromatic N) is 6. The largest absolute Gasteiger partial charge is 0.337 e. The van der Waals surface area contributed by atoms with Crippen molar-refractivity contribution in [3.8, 4) is 0 Å². The van der Waals surface area contributed by atoms with Gasteiger partial charge in [-0.1, -0.05) is 0 Å². The molecule has 8 heteroatoms.